The summed E-state index contributed by atoms with van der Waals surface area (Å²) in [4.78, 5) is 0. The molecule has 0 N–H and O–H groups in total. The fraction of sp³-hybridized carbons (Fsp3) is 0.526. The molecule has 3 nitrogen and oxygen atoms in total. The molecule has 2 aromatic rings. The summed E-state index contributed by atoms with van der Waals surface area (Å²) >= 11 is 5.55. The molecule has 0 bridgehead atoms. The summed E-state index contributed by atoms with van der Waals surface area (Å²) in [5, 5.41) is 1.11. The maximum absolute atomic E-state index is 6.18. The van der Waals surface area contributed by atoms with Gasteiger partial charge in [-0.25, -0.2) is 0 Å². The van der Waals surface area contributed by atoms with E-state index in [1.807, 2.05) is 6.07 Å². The molecule has 1 aromatic carbocycles. The Bertz CT molecular complexity index is 848. The lowest BCUT2D eigenvalue weighted by molar-refractivity contribution is 0.0846. The first kappa shape index (κ1) is 15.0. The third-order valence-electron chi connectivity index (χ3n) is 5.10. The van der Waals surface area contributed by atoms with Gasteiger partial charge in [0.1, 0.15) is 22.7 Å². The number of ether oxygens (including phenoxy) is 2. The number of methoxy groups -OCH3 is 1. The van der Waals surface area contributed by atoms with Crippen molar-refractivity contribution in [3.63, 3.8) is 0 Å². The molecule has 2 aliphatic rings. The van der Waals surface area contributed by atoms with Crippen molar-refractivity contribution in [2.45, 2.75) is 58.0 Å². The SMILES string of the molecule is COc1cc2c(c3oc(=S)c4c(c13)CCCC4)CCC(C)(C)O2. The van der Waals surface area contributed by atoms with Crippen LogP contribution < -0.4 is 9.47 Å². The average molecular weight is 330 g/mol. The average Bonchev–Trinajstić information content (AvgIpc) is 2.53. The van der Waals surface area contributed by atoms with E-state index in [0.29, 0.717) is 4.71 Å². The van der Waals surface area contributed by atoms with Gasteiger partial charge in [-0.05, 0) is 70.2 Å². The van der Waals surface area contributed by atoms with Crippen molar-refractivity contribution >= 4 is 23.2 Å². The lowest BCUT2D eigenvalue weighted by atomic mass is 9.87. The van der Waals surface area contributed by atoms with Gasteiger partial charge in [0.25, 0.3) is 0 Å². The Morgan fingerprint density at radius 2 is 1.83 bits per heavy atom. The van der Waals surface area contributed by atoms with Crippen LogP contribution in [0.3, 0.4) is 0 Å². The maximum atomic E-state index is 6.18. The highest BCUT2D eigenvalue weighted by atomic mass is 32.1. The predicted molar refractivity (Wildman–Crippen MR) is 93.3 cm³/mol. The van der Waals surface area contributed by atoms with Gasteiger partial charge in [-0.15, -0.1) is 0 Å². The van der Waals surface area contributed by atoms with Gasteiger partial charge in [0.15, 0.2) is 4.71 Å². The van der Waals surface area contributed by atoms with Crippen LogP contribution in [-0.4, -0.2) is 12.7 Å². The van der Waals surface area contributed by atoms with E-state index in [-0.39, 0.29) is 5.60 Å². The van der Waals surface area contributed by atoms with Crippen LogP contribution in [0.15, 0.2) is 10.5 Å². The highest BCUT2D eigenvalue weighted by Gasteiger charge is 2.31. The first-order valence-corrected chi connectivity index (χ1v) is 8.78. The van der Waals surface area contributed by atoms with E-state index < -0.39 is 0 Å². The Balaban J connectivity index is 2.07. The topological polar surface area (TPSA) is 31.6 Å². The summed E-state index contributed by atoms with van der Waals surface area (Å²) in [6.45, 7) is 4.24. The van der Waals surface area contributed by atoms with Gasteiger partial charge in [-0.3, -0.25) is 0 Å². The smallest absolute Gasteiger partial charge is 0.194 e. The molecular formula is C19H22O3S. The maximum Gasteiger partial charge on any atom is 0.194 e. The van der Waals surface area contributed by atoms with Crippen molar-refractivity contribution in [1.82, 2.24) is 0 Å². The van der Waals surface area contributed by atoms with Crippen LogP contribution in [0.1, 0.15) is 49.8 Å². The molecule has 0 amide bonds. The Kier molecular flexibility index (Phi) is 3.41. The summed E-state index contributed by atoms with van der Waals surface area (Å²) in [5.41, 5.74) is 4.39. The van der Waals surface area contributed by atoms with E-state index in [0.717, 1.165) is 53.7 Å². The summed E-state index contributed by atoms with van der Waals surface area (Å²) < 4.78 is 18.6. The zero-order valence-electron chi connectivity index (χ0n) is 14.0. The van der Waals surface area contributed by atoms with E-state index in [2.05, 4.69) is 13.8 Å². The predicted octanol–water partition coefficient (Wildman–Crippen LogP) is 5.15. The molecule has 2 heterocycles. The second-order valence-electron chi connectivity index (χ2n) is 7.18. The number of benzene rings is 1. The van der Waals surface area contributed by atoms with Crippen molar-refractivity contribution in [1.29, 1.82) is 0 Å². The summed E-state index contributed by atoms with van der Waals surface area (Å²) in [7, 11) is 1.71. The van der Waals surface area contributed by atoms with E-state index in [9.17, 15) is 0 Å². The Hall–Kier alpha value is -1.55. The van der Waals surface area contributed by atoms with Gasteiger partial charge in [-0.2, -0.15) is 0 Å². The molecule has 1 aliphatic carbocycles. The van der Waals surface area contributed by atoms with Crippen LogP contribution in [0.5, 0.6) is 11.5 Å². The van der Waals surface area contributed by atoms with E-state index in [4.69, 9.17) is 26.1 Å². The second-order valence-corrected chi connectivity index (χ2v) is 7.55. The van der Waals surface area contributed by atoms with Crippen LogP contribution in [0.2, 0.25) is 0 Å². The van der Waals surface area contributed by atoms with Crippen LogP contribution in [0, 0.1) is 4.71 Å². The molecule has 0 spiro atoms. The van der Waals surface area contributed by atoms with E-state index in [1.165, 1.54) is 24.0 Å². The molecule has 0 saturated carbocycles. The number of hydrogen-bond acceptors (Lipinski definition) is 4. The zero-order valence-corrected chi connectivity index (χ0v) is 14.8. The normalized spacial score (nSPS) is 18.9. The monoisotopic (exact) mass is 330 g/mol. The highest BCUT2D eigenvalue weighted by Crippen LogP contribution is 2.45. The highest BCUT2D eigenvalue weighted by molar-refractivity contribution is 7.71. The molecule has 4 rings (SSSR count). The fourth-order valence-corrected chi connectivity index (χ4v) is 4.18. The molecule has 0 fully saturated rings. The summed E-state index contributed by atoms with van der Waals surface area (Å²) in [6.07, 6.45) is 6.36. The molecule has 0 atom stereocenters. The van der Waals surface area contributed by atoms with Crippen LogP contribution in [0.25, 0.3) is 11.0 Å². The Morgan fingerprint density at radius 3 is 2.57 bits per heavy atom. The lowest BCUT2D eigenvalue weighted by Gasteiger charge is -2.33. The third-order valence-corrected chi connectivity index (χ3v) is 5.43. The minimum absolute atomic E-state index is 0.156. The number of rotatable bonds is 1. The zero-order chi connectivity index (χ0) is 16.2. The van der Waals surface area contributed by atoms with Crippen LogP contribution in [-0.2, 0) is 19.3 Å². The lowest BCUT2D eigenvalue weighted by Crippen LogP contribution is -2.32. The van der Waals surface area contributed by atoms with Gasteiger partial charge < -0.3 is 13.9 Å². The minimum atomic E-state index is -0.156. The van der Waals surface area contributed by atoms with Crippen LogP contribution >= 0.6 is 12.2 Å². The molecular weight excluding hydrogens is 308 g/mol. The Morgan fingerprint density at radius 1 is 1.09 bits per heavy atom. The van der Waals surface area contributed by atoms with Crippen molar-refractivity contribution in [2.75, 3.05) is 7.11 Å². The first-order valence-electron chi connectivity index (χ1n) is 8.37. The first-order chi connectivity index (χ1) is 11.0. The molecule has 0 unspecified atom stereocenters. The Labute approximate surface area is 141 Å². The van der Waals surface area contributed by atoms with Gasteiger partial charge >= 0.3 is 0 Å². The van der Waals surface area contributed by atoms with E-state index in [1.54, 1.807) is 7.11 Å². The van der Waals surface area contributed by atoms with Gasteiger partial charge in [0.05, 0.1) is 12.5 Å². The minimum Gasteiger partial charge on any atom is -0.496 e. The molecule has 1 aromatic heterocycles. The van der Waals surface area contributed by atoms with Crippen molar-refractivity contribution in [2.24, 2.45) is 0 Å². The molecule has 0 radical (unpaired) electrons. The number of aryl methyl sites for hydroxylation is 2. The largest absolute Gasteiger partial charge is 0.496 e. The van der Waals surface area contributed by atoms with Gasteiger partial charge in [-0.1, -0.05) is 0 Å². The quantitative estimate of drug-likeness (QED) is 0.677. The third kappa shape index (κ3) is 2.35. The fourth-order valence-electron chi connectivity index (χ4n) is 3.88. The molecule has 122 valence electrons. The summed E-state index contributed by atoms with van der Waals surface area (Å²) in [5.74, 6) is 1.72. The van der Waals surface area contributed by atoms with E-state index >= 15 is 0 Å². The molecule has 0 saturated heterocycles. The second kappa shape index (κ2) is 5.23. The molecule has 23 heavy (non-hydrogen) atoms. The summed E-state index contributed by atoms with van der Waals surface area (Å²) in [6, 6.07) is 2.03. The standard InChI is InChI=1S/C19H22O3S/c1-19(2)9-8-13-14(22-19)10-15(20-3)16-11-6-4-5-7-12(11)18(23)21-17(13)16/h10H,4-9H2,1-3H3. The molecule has 1 aliphatic heterocycles. The number of fused-ring (bicyclic) bond motifs is 5. The number of hydrogen-bond donors (Lipinski definition) is 0. The van der Waals surface area contributed by atoms with Gasteiger partial charge in [0, 0.05) is 17.2 Å². The molecule has 4 heteroatoms. The van der Waals surface area contributed by atoms with Crippen molar-refractivity contribution < 1.29 is 13.9 Å². The van der Waals surface area contributed by atoms with Crippen molar-refractivity contribution in [3.8, 4) is 11.5 Å². The van der Waals surface area contributed by atoms with Crippen LogP contribution in [0.4, 0.5) is 0 Å². The van der Waals surface area contributed by atoms with Gasteiger partial charge in [0.2, 0.25) is 0 Å². The van der Waals surface area contributed by atoms with Crippen molar-refractivity contribution in [3.05, 3.63) is 27.5 Å².